The molecule has 1 aliphatic carbocycles. The molecule has 2 bridgehead atoms. The molecule has 0 spiro atoms. The van der Waals surface area contributed by atoms with E-state index >= 15 is 0 Å². The maximum Gasteiger partial charge on any atom is 0.405 e. The molecule has 6 atom stereocenters. The summed E-state index contributed by atoms with van der Waals surface area (Å²) < 4.78 is 16.5. The lowest BCUT2D eigenvalue weighted by Gasteiger charge is -2.30. The van der Waals surface area contributed by atoms with E-state index in [1.54, 1.807) is 26.0 Å². The molecule has 0 aromatic carbocycles. The first-order valence-electron chi connectivity index (χ1n) is 13.6. The molecule has 0 radical (unpaired) electrons. The number of Topliss-reactive ketones (excluding diaryl/α,β-unsaturated/α-hetero) is 1. The maximum atomic E-state index is 13.5. The number of hydrogen-bond donors (Lipinski definition) is 4. The van der Waals surface area contributed by atoms with Gasteiger partial charge in [0.2, 0.25) is 17.5 Å². The molecular weight excluding hydrogens is 546 g/mol. The van der Waals surface area contributed by atoms with Crippen LogP contribution in [0.5, 0.6) is 0 Å². The number of amides is 3. The van der Waals surface area contributed by atoms with E-state index in [1.165, 1.54) is 40.2 Å². The van der Waals surface area contributed by atoms with Gasteiger partial charge in [0.15, 0.2) is 6.10 Å². The van der Waals surface area contributed by atoms with Crippen molar-refractivity contribution >= 4 is 29.5 Å². The molecule has 3 amide bonds. The number of aliphatic hydroxyl groups excluding tert-OH is 1. The van der Waals surface area contributed by atoms with Crippen LogP contribution in [0.1, 0.15) is 47.5 Å². The Morgan fingerprint density at radius 2 is 1.79 bits per heavy atom. The lowest BCUT2D eigenvalue weighted by Crippen LogP contribution is -2.38. The van der Waals surface area contributed by atoms with Crippen LogP contribution in [0.4, 0.5) is 4.79 Å². The molecule has 1 heterocycles. The molecule has 12 nitrogen and oxygen atoms in total. The Labute approximate surface area is 245 Å². The SMILES string of the molecule is CO[C@H]1/C=C\C=C(\C)C(=O)NC2=CC(=O)C(NC(C)=O)=C(C[C@@H](C)C[C@H](OC)[C@H](O)[C@@H](C)/C=C(/C)[C@@H]1OC(N)=O)C2=O. The summed E-state index contributed by atoms with van der Waals surface area (Å²) in [4.78, 5) is 62.9. The number of fused-ring (bicyclic) bond motifs is 2. The lowest BCUT2D eigenvalue weighted by molar-refractivity contribution is -0.122. The zero-order chi connectivity index (χ0) is 31.7. The van der Waals surface area contributed by atoms with E-state index in [2.05, 4.69) is 10.6 Å². The summed E-state index contributed by atoms with van der Waals surface area (Å²) in [5.74, 6) is -3.17. The number of rotatable bonds is 4. The fourth-order valence-corrected chi connectivity index (χ4v) is 4.90. The second kappa shape index (κ2) is 15.4. The van der Waals surface area contributed by atoms with Gasteiger partial charge < -0.3 is 35.7 Å². The quantitative estimate of drug-likeness (QED) is 0.282. The van der Waals surface area contributed by atoms with Gasteiger partial charge in [0.05, 0.1) is 23.6 Å². The van der Waals surface area contributed by atoms with Gasteiger partial charge in [-0.05, 0) is 38.2 Å². The van der Waals surface area contributed by atoms with Crippen LogP contribution in [-0.2, 0) is 33.4 Å². The van der Waals surface area contributed by atoms with Gasteiger partial charge in [0, 0.05) is 44.3 Å². The highest BCUT2D eigenvalue weighted by Crippen LogP contribution is 2.28. The van der Waals surface area contributed by atoms with Crippen LogP contribution in [0, 0.1) is 11.8 Å². The monoisotopic (exact) mass is 587 g/mol. The molecule has 0 unspecified atom stereocenters. The summed E-state index contributed by atoms with van der Waals surface area (Å²) in [6.45, 7) is 8.04. The van der Waals surface area contributed by atoms with Crippen molar-refractivity contribution in [2.75, 3.05) is 14.2 Å². The predicted molar refractivity (Wildman–Crippen MR) is 153 cm³/mol. The summed E-state index contributed by atoms with van der Waals surface area (Å²) in [5, 5.41) is 16.1. The lowest BCUT2D eigenvalue weighted by atomic mass is 9.85. The van der Waals surface area contributed by atoms with E-state index < -0.39 is 59.8 Å². The van der Waals surface area contributed by atoms with Gasteiger partial charge in [-0.25, -0.2) is 4.79 Å². The number of methoxy groups -OCH3 is 2. The number of allylic oxidation sites excluding steroid dienone is 4. The highest BCUT2D eigenvalue weighted by Gasteiger charge is 2.33. The van der Waals surface area contributed by atoms with Crippen molar-refractivity contribution in [3.05, 3.63) is 58.5 Å². The van der Waals surface area contributed by atoms with Crippen LogP contribution in [0.25, 0.3) is 0 Å². The van der Waals surface area contributed by atoms with Crippen LogP contribution in [0.2, 0.25) is 0 Å². The van der Waals surface area contributed by atoms with Gasteiger partial charge in [-0.3, -0.25) is 19.2 Å². The largest absolute Gasteiger partial charge is 0.439 e. The minimum absolute atomic E-state index is 0.0439. The van der Waals surface area contributed by atoms with Crippen LogP contribution < -0.4 is 16.4 Å². The van der Waals surface area contributed by atoms with Crippen LogP contribution in [0.15, 0.2) is 58.5 Å². The minimum atomic E-state index is -1.02. The molecule has 5 N–H and O–H groups in total. The average Bonchev–Trinajstić information content (AvgIpc) is 2.91. The molecule has 0 saturated heterocycles. The number of ketones is 2. The third-order valence-electron chi connectivity index (χ3n) is 7.09. The normalized spacial score (nSPS) is 31.6. The zero-order valence-corrected chi connectivity index (χ0v) is 25.1. The Balaban J connectivity index is 2.64. The molecule has 1 aliphatic heterocycles. The molecule has 12 heteroatoms. The van der Waals surface area contributed by atoms with E-state index in [0.29, 0.717) is 5.57 Å². The molecule has 2 rings (SSSR count). The average molecular weight is 588 g/mol. The predicted octanol–water partition coefficient (Wildman–Crippen LogP) is 1.90. The number of nitrogens with one attached hydrogen (secondary N) is 2. The highest BCUT2D eigenvalue weighted by molar-refractivity contribution is 6.24. The molecule has 0 aromatic rings. The maximum absolute atomic E-state index is 13.5. The fourth-order valence-electron chi connectivity index (χ4n) is 4.90. The zero-order valence-electron chi connectivity index (χ0n) is 25.1. The molecule has 0 fully saturated rings. The van der Waals surface area contributed by atoms with Crippen molar-refractivity contribution in [1.82, 2.24) is 10.6 Å². The number of carbonyl (C=O) groups excluding carboxylic acids is 5. The van der Waals surface area contributed by atoms with Crippen molar-refractivity contribution in [2.24, 2.45) is 17.6 Å². The van der Waals surface area contributed by atoms with Gasteiger partial charge in [0.1, 0.15) is 6.10 Å². The van der Waals surface area contributed by atoms with E-state index in [9.17, 15) is 29.1 Å². The molecular formula is C30H41N3O9. The number of aliphatic hydroxyl groups is 1. The topological polar surface area (TPSA) is 183 Å². The summed E-state index contributed by atoms with van der Waals surface area (Å²) in [6.07, 6.45) is 3.15. The molecule has 230 valence electrons. The number of hydrogen-bond acceptors (Lipinski definition) is 9. The van der Waals surface area contributed by atoms with E-state index in [0.717, 1.165) is 6.08 Å². The summed E-state index contributed by atoms with van der Waals surface area (Å²) >= 11 is 0. The number of primary amides is 1. The van der Waals surface area contributed by atoms with Crippen molar-refractivity contribution in [3.8, 4) is 0 Å². The highest BCUT2D eigenvalue weighted by atomic mass is 16.6. The third kappa shape index (κ3) is 9.07. The Hall–Kier alpha value is -3.87. The van der Waals surface area contributed by atoms with Crippen molar-refractivity contribution in [1.29, 1.82) is 0 Å². The van der Waals surface area contributed by atoms with Crippen LogP contribution in [0.3, 0.4) is 0 Å². The van der Waals surface area contributed by atoms with E-state index in [1.807, 2.05) is 6.92 Å². The Morgan fingerprint density at radius 1 is 1.12 bits per heavy atom. The smallest absolute Gasteiger partial charge is 0.405 e. The summed E-state index contributed by atoms with van der Waals surface area (Å²) in [7, 11) is 2.87. The van der Waals surface area contributed by atoms with E-state index in [4.69, 9.17) is 19.9 Å². The second-order valence-corrected chi connectivity index (χ2v) is 10.6. The molecule has 42 heavy (non-hydrogen) atoms. The van der Waals surface area contributed by atoms with E-state index in [-0.39, 0.29) is 41.3 Å². The van der Waals surface area contributed by atoms with Crippen molar-refractivity contribution in [2.45, 2.75) is 71.9 Å². The van der Waals surface area contributed by atoms with Crippen molar-refractivity contribution < 1.29 is 43.3 Å². The van der Waals surface area contributed by atoms with Crippen molar-refractivity contribution in [3.63, 3.8) is 0 Å². The Bertz CT molecular complexity index is 1240. The second-order valence-electron chi connectivity index (χ2n) is 10.6. The van der Waals surface area contributed by atoms with Gasteiger partial charge in [-0.2, -0.15) is 0 Å². The fraction of sp³-hybridized carbons (Fsp3) is 0.500. The Morgan fingerprint density at radius 3 is 2.36 bits per heavy atom. The standard InChI is InChI=1S/C30H41N3O9/c1-15-11-20-25(32-19(5)34)22(35)14-21(27(20)37)33-29(38)16(2)9-8-10-23(40-6)28(42-30(31)39)18(4)13-17(3)26(36)24(12-15)41-7/h8-10,13-15,17,23-24,26,28,36H,11-12H2,1-7H3,(H2,31,39)(H,32,34)(H,33,38)/b10-8-,16-9-,18-13-/t15-,17+,23+,24+,26-,28+/m1/s1. The van der Waals surface area contributed by atoms with Crippen LogP contribution in [-0.4, -0.2) is 73.2 Å². The summed E-state index contributed by atoms with van der Waals surface area (Å²) in [6, 6.07) is 0. The summed E-state index contributed by atoms with van der Waals surface area (Å²) in [5.41, 5.74) is 5.76. The first-order chi connectivity index (χ1) is 19.7. The molecule has 0 saturated carbocycles. The van der Waals surface area contributed by atoms with Crippen LogP contribution >= 0.6 is 0 Å². The molecule has 2 aliphatic rings. The number of carbonyl (C=O) groups is 5. The first-order valence-corrected chi connectivity index (χ1v) is 13.6. The Kier molecular flexibility index (Phi) is 12.6. The molecule has 0 aromatic heterocycles. The van der Waals surface area contributed by atoms with Gasteiger partial charge in [-0.15, -0.1) is 0 Å². The van der Waals surface area contributed by atoms with Gasteiger partial charge >= 0.3 is 6.09 Å². The van der Waals surface area contributed by atoms with Gasteiger partial charge in [-0.1, -0.05) is 38.2 Å². The first kappa shape index (κ1) is 34.3. The van der Waals surface area contributed by atoms with Gasteiger partial charge in [0.25, 0.3) is 5.91 Å². The number of nitrogens with two attached hydrogens (primary N) is 1. The third-order valence-corrected chi connectivity index (χ3v) is 7.09. The minimum Gasteiger partial charge on any atom is -0.439 e. The number of ether oxygens (including phenoxy) is 3.